The molecular formula is C14H16F2N4O4. The SMILES string of the molecule is CCC(=O)Nc1nc(F)nc2c1ccn2[C@@H]1O[C@H](CO)C(O)[C@H]1F. The maximum Gasteiger partial charge on any atom is 0.312 e. The first-order valence-corrected chi connectivity index (χ1v) is 7.38. The fraction of sp³-hybridized carbons (Fsp3) is 0.500. The molecule has 1 unspecified atom stereocenters. The van der Waals surface area contributed by atoms with Crippen LogP contribution in [-0.4, -0.2) is 55.6 Å². The van der Waals surface area contributed by atoms with E-state index >= 15 is 0 Å². The van der Waals surface area contributed by atoms with Gasteiger partial charge < -0.3 is 24.8 Å². The summed E-state index contributed by atoms with van der Waals surface area (Å²) in [4.78, 5) is 18.7. The minimum atomic E-state index is -1.83. The highest BCUT2D eigenvalue weighted by atomic mass is 19.1. The van der Waals surface area contributed by atoms with Gasteiger partial charge in [0.25, 0.3) is 0 Å². The van der Waals surface area contributed by atoms with Crippen molar-refractivity contribution < 1.29 is 28.5 Å². The zero-order valence-electron chi connectivity index (χ0n) is 12.7. The number of amides is 1. The molecule has 0 aromatic carbocycles. The number of hydrogen-bond acceptors (Lipinski definition) is 6. The third-order valence-electron chi connectivity index (χ3n) is 3.87. The Hall–Kier alpha value is -2.17. The van der Waals surface area contributed by atoms with Crippen molar-refractivity contribution in [2.45, 2.75) is 38.0 Å². The number of aliphatic hydroxyl groups is 2. The number of hydrogen-bond donors (Lipinski definition) is 3. The van der Waals surface area contributed by atoms with Crippen molar-refractivity contribution in [3.8, 4) is 0 Å². The Morgan fingerprint density at radius 3 is 2.88 bits per heavy atom. The first kappa shape index (κ1) is 16.7. The summed E-state index contributed by atoms with van der Waals surface area (Å²) in [5.41, 5.74) is 0.00680. The number of nitrogens with zero attached hydrogens (tertiary/aromatic N) is 3. The second-order valence-electron chi connectivity index (χ2n) is 5.39. The number of fused-ring (bicyclic) bond motifs is 1. The lowest BCUT2D eigenvalue weighted by Crippen LogP contribution is -2.30. The molecule has 3 N–H and O–H groups in total. The number of anilines is 1. The Balaban J connectivity index is 2.03. The van der Waals surface area contributed by atoms with Crippen LogP contribution in [0.5, 0.6) is 0 Å². The Kier molecular flexibility index (Phi) is 4.43. The number of rotatable bonds is 4. The summed E-state index contributed by atoms with van der Waals surface area (Å²) in [5.74, 6) is -0.394. The Bertz CT molecular complexity index is 769. The van der Waals surface area contributed by atoms with Gasteiger partial charge in [-0.25, -0.2) is 4.39 Å². The second kappa shape index (κ2) is 6.38. The largest absolute Gasteiger partial charge is 0.394 e. The van der Waals surface area contributed by atoms with Crippen LogP contribution in [0.3, 0.4) is 0 Å². The predicted octanol–water partition coefficient (Wildman–Crippen LogP) is 0.508. The van der Waals surface area contributed by atoms with Crippen molar-refractivity contribution in [1.82, 2.24) is 14.5 Å². The van der Waals surface area contributed by atoms with Gasteiger partial charge in [0.1, 0.15) is 18.0 Å². The van der Waals surface area contributed by atoms with E-state index in [2.05, 4.69) is 15.3 Å². The minimum absolute atomic E-state index is 0.00680. The van der Waals surface area contributed by atoms with Crippen LogP contribution in [-0.2, 0) is 9.53 Å². The molecule has 0 bridgehead atoms. The average molecular weight is 342 g/mol. The van der Waals surface area contributed by atoms with Gasteiger partial charge in [-0.3, -0.25) is 4.79 Å². The Labute approximate surface area is 135 Å². The lowest BCUT2D eigenvalue weighted by molar-refractivity contribution is -0.115. The third-order valence-corrected chi connectivity index (χ3v) is 3.87. The van der Waals surface area contributed by atoms with E-state index in [0.29, 0.717) is 5.39 Å². The Morgan fingerprint density at radius 2 is 2.25 bits per heavy atom. The number of carbonyl (C=O) groups is 1. The van der Waals surface area contributed by atoms with Gasteiger partial charge >= 0.3 is 6.08 Å². The maximum atomic E-state index is 14.3. The van der Waals surface area contributed by atoms with E-state index in [1.807, 2.05) is 0 Å². The number of ether oxygens (including phenoxy) is 1. The van der Waals surface area contributed by atoms with Gasteiger partial charge in [0, 0.05) is 12.6 Å². The van der Waals surface area contributed by atoms with Crippen LogP contribution >= 0.6 is 0 Å². The first-order valence-electron chi connectivity index (χ1n) is 7.38. The van der Waals surface area contributed by atoms with E-state index in [1.165, 1.54) is 16.8 Å². The molecule has 2 aromatic heterocycles. The molecule has 1 fully saturated rings. The molecule has 0 radical (unpaired) electrons. The van der Waals surface area contributed by atoms with Crippen LogP contribution in [0.4, 0.5) is 14.6 Å². The van der Waals surface area contributed by atoms with Gasteiger partial charge in [0.2, 0.25) is 5.91 Å². The fourth-order valence-corrected chi connectivity index (χ4v) is 2.61. The quantitative estimate of drug-likeness (QED) is 0.699. The zero-order chi connectivity index (χ0) is 17.4. The lowest BCUT2D eigenvalue weighted by Gasteiger charge is -2.16. The Morgan fingerprint density at radius 1 is 1.50 bits per heavy atom. The minimum Gasteiger partial charge on any atom is -0.394 e. The standard InChI is InChI=1S/C14H16F2N4O4/c1-2-8(22)17-11-6-3-4-20(12(6)19-14(16)18-11)13-9(15)10(23)7(5-21)24-13/h3-4,7,9-10,13,21,23H,2,5H2,1H3,(H,17,18,19,22)/t7-,9-,10?,13-/m1/s1. The van der Waals surface area contributed by atoms with E-state index in [1.54, 1.807) is 6.92 Å². The van der Waals surface area contributed by atoms with Crippen LogP contribution in [0.25, 0.3) is 11.0 Å². The number of alkyl halides is 1. The zero-order valence-corrected chi connectivity index (χ0v) is 12.7. The monoisotopic (exact) mass is 342 g/mol. The highest BCUT2D eigenvalue weighted by molar-refractivity contribution is 5.98. The van der Waals surface area contributed by atoms with E-state index in [0.717, 1.165) is 0 Å². The molecule has 3 heterocycles. The first-order chi connectivity index (χ1) is 11.5. The number of carbonyl (C=O) groups excluding carboxylic acids is 1. The molecule has 1 aliphatic rings. The van der Waals surface area contributed by atoms with Crippen LogP contribution in [0.1, 0.15) is 19.6 Å². The van der Waals surface area contributed by atoms with E-state index < -0.39 is 37.3 Å². The third kappa shape index (κ3) is 2.72. The van der Waals surface area contributed by atoms with Crippen LogP contribution in [0, 0.1) is 6.08 Å². The van der Waals surface area contributed by atoms with Gasteiger partial charge in [0.05, 0.1) is 12.0 Å². The topological polar surface area (TPSA) is 110 Å². The van der Waals surface area contributed by atoms with Gasteiger partial charge in [-0.05, 0) is 6.07 Å². The summed E-state index contributed by atoms with van der Waals surface area (Å²) in [5, 5.41) is 21.6. The van der Waals surface area contributed by atoms with Crippen molar-refractivity contribution in [2.75, 3.05) is 11.9 Å². The molecule has 24 heavy (non-hydrogen) atoms. The number of halogens is 2. The highest BCUT2D eigenvalue weighted by Crippen LogP contribution is 2.35. The van der Waals surface area contributed by atoms with Crippen molar-refractivity contribution >= 4 is 22.8 Å². The van der Waals surface area contributed by atoms with E-state index in [4.69, 9.17) is 9.84 Å². The smallest absolute Gasteiger partial charge is 0.312 e. The molecule has 1 aliphatic heterocycles. The predicted molar refractivity (Wildman–Crippen MR) is 78.3 cm³/mol. The van der Waals surface area contributed by atoms with Gasteiger partial charge in [-0.1, -0.05) is 6.92 Å². The van der Waals surface area contributed by atoms with E-state index in [-0.39, 0.29) is 23.8 Å². The fourth-order valence-electron chi connectivity index (χ4n) is 2.61. The summed E-state index contributed by atoms with van der Waals surface area (Å²) in [6, 6.07) is 1.48. The molecule has 0 aliphatic carbocycles. The summed E-state index contributed by atoms with van der Waals surface area (Å²) in [6.07, 6.45) is -5.23. The summed E-state index contributed by atoms with van der Waals surface area (Å²) in [6.45, 7) is 1.07. The highest BCUT2D eigenvalue weighted by Gasteiger charge is 2.45. The molecule has 8 nitrogen and oxygen atoms in total. The van der Waals surface area contributed by atoms with Gasteiger partial charge in [-0.2, -0.15) is 14.4 Å². The normalized spacial score (nSPS) is 26.9. The summed E-state index contributed by atoms with van der Waals surface area (Å²) >= 11 is 0. The maximum absolute atomic E-state index is 14.3. The molecule has 0 spiro atoms. The molecule has 130 valence electrons. The molecule has 3 rings (SSSR count). The molecular weight excluding hydrogens is 326 g/mol. The number of aromatic nitrogens is 3. The van der Waals surface area contributed by atoms with Crippen LogP contribution < -0.4 is 5.32 Å². The number of aliphatic hydroxyl groups excluding tert-OH is 2. The second-order valence-corrected chi connectivity index (χ2v) is 5.39. The molecule has 1 saturated heterocycles. The van der Waals surface area contributed by atoms with Gasteiger partial charge in [-0.15, -0.1) is 0 Å². The lowest BCUT2D eigenvalue weighted by atomic mass is 10.1. The van der Waals surface area contributed by atoms with Crippen LogP contribution in [0.2, 0.25) is 0 Å². The molecule has 2 aromatic rings. The number of nitrogens with one attached hydrogen (secondary N) is 1. The van der Waals surface area contributed by atoms with Gasteiger partial charge in [0.15, 0.2) is 18.0 Å². The van der Waals surface area contributed by atoms with Crippen LogP contribution in [0.15, 0.2) is 12.3 Å². The van der Waals surface area contributed by atoms with Crippen molar-refractivity contribution in [3.05, 3.63) is 18.3 Å². The van der Waals surface area contributed by atoms with E-state index in [9.17, 15) is 18.7 Å². The molecule has 4 atom stereocenters. The summed E-state index contributed by atoms with van der Waals surface area (Å²) < 4.78 is 34.5. The average Bonchev–Trinajstić information content (AvgIpc) is 3.09. The molecule has 1 amide bonds. The molecule has 10 heteroatoms. The van der Waals surface area contributed by atoms with Crippen molar-refractivity contribution in [3.63, 3.8) is 0 Å². The van der Waals surface area contributed by atoms with Crippen molar-refractivity contribution in [1.29, 1.82) is 0 Å². The summed E-state index contributed by atoms with van der Waals surface area (Å²) in [7, 11) is 0. The molecule has 0 saturated carbocycles. The van der Waals surface area contributed by atoms with Crippen molar-refractivity contribution in [2.24, 2.45) is 0 Å².